The van der Waals surface area contributed by atoms with E-state index in [9.17, 15) is 0 Å². The molecule has 0 aromatic carbocycles. The number of aromatic nitrogens is 1. The zero-order valence-electron chi connectivity index (χ0n) is 10.00. The van der Waals surface area contributed by atoms with Gasteiger partial charge in [-0.3, -0.25) is 0 Å². The van der Waals surface area contributed by atoms with Crippen LogP contribution in [0.25, 0.3) is 0 Å². The molecule has 0 bridgehead atoms. The highest BCUT2D eigenvalue weighted by Gasteiger charge is 2.19. The molecule has 86 valence electrons. The molecule has 0 saturated carbocycles. The van der Waals surface area contributed by atoms with Gasteiger partial charge in [-0.05, 0) is 23.2 Å². The number of anilines is 2. The predicted octanol–water partition coefficient (Wildman–Crippen LogP) is 2.93. The lowest BCUT2D eigenvalue weighted by atomic mass is 9.96. The predicted molar refractivity (Wildman–Crippen MR) is 71.0 cm³/mol. The van der Waals surface area contributed by atoms with E-state index in [1.54, 1.807) is 11.8 Å². The summed E-state index contributed by atoms with van der Waals surface area (Å²) >= 11 is 3.14. The van der Waals surface area contributed by atoms with Gasteiger partial charge in [0.05, 0.1) is 4.90 Å². The molecule has 2 N–H and O–H groups in total. The van der Waals surface area contributed by atoms with Crippen molar-refractivity contribution < 1.29 is 0 Å². The normalized spacial score (nSPS) is 11.8. The van der Waals surface area contributed by atoms with Gasteiger partial charge >= 0.3 is 0 Å². The van der Waals surface area contributed by atoms with Crippen molar-refractivity contribution in [3.8, 4) is 0 Å². The number of hydrogen-bond acceptors (Lipinski definition) is 5. The lowest BCUT2D eigenvalue weighted by molar-refractivity contribution is 0.419. The molecule has 1 heterocycles. The van der Waals surface area contributed by atoms with Gasteiger partial charge in [0.25, 0.3) is 0 Å². The van der Waals surface area contributed by atoms with Gasteiger partial charge in [-0.2, -0.15) is 4.37 Å². The highest BCUT2D eigenvalue weighted by atomic mass is 32.2. The maximum Gasteiger partial charge on any atom is 0.153 e. The summed E-state index contributed by atoms with van der Waals surface area (Å²) in [5.74, 6) is 0.656. The van der Waals surface area contributed by atoms with Gasteiger partial charge in [0.1, 0.15) is 5.00 Å². The Morgan fingerprint density at radius 2 is 2.07 bits per heavy atom. The molecule has 0 radical (unpaired) electrons. The topological polar surface area (TPSA) is 42.1 Å². The summed E-state index contributed by atoms with van der Waals surface area (Å²) in [5, 5.41) is 1.18. The molecule has 3 nitrogen and oxygen atoms in total. The van der Waals surface area contributed by atoms with E-state index in [0.717, 1.165) is 11.4 Å². The molecule has 0 atom stereocenters. The van der Waals surface area contributed by atoms with Crippen LogP contribution < -0.4 is 10.6 Å². The Bertz CT molecular complexity index is 328. The first-order valence-corrected chi connectivity index (χ1v) is 6.85. The summed E-state index contributed by atoms with van der Waals surface area (Å²) in [4.78, 5) is 3.34. The van der Waals surface area contributed by atoms with Crippen LogP contribution >= 0.6 is 23.3 Å². The summed E-state index contributed by atoms with van der Waals surface area (Å²) in [7, 11) is 2.10. The summed E-state index contributed by atoms with van der Waals surface area (Å²) in [6.07, 6.45) is 2.04. The fourth-order valence-electron chi connectivity index (χ4n) is 1.50. The average molecular weight is 245 g/mol. The quantitative estimate of drug-likeness (QED) is 0.831. The molecule has 0 spiro atoms. The third-order valence-corrected chi connectivity index (χ3v) is 3.84. The van der Waals surface area contributed by atoms with Crippen LogP contribution in [0.15, 0.2) is 4.90 Å². The number of hydrogen-bond donors (Lipinski definition) is 1. The van der Waals surface area contributed by atoms with Crippen LogP contribution in [0.3, 0.4) is 0 Å². The van der Waals surface area contributed by atoms with E-state index in [0.29, 0.717) is 5.82 Å². The third-order valence-electron chi connectivity index (χ3n) is 1.92. The van der Waals surface area contributed by atoms with Gasteiger partial charge in [0, 0.05) is 13.6 Å². The molecule has 1 aromatic heterocycles. The average Bonchev–Trinajstić information content (AvgIpc) is 2.43. The largest absolute Gasteiger partial charge is 0.382 e. The highest BCUT2D eigenvalue weighted by Crippen LogP contribution is 2.37. The maximum atomic E-state index is 5.81. The van der Waals surface area contributed by atoms with Crippen LogP contribution in [0, 0.1) is 5.41 Å². The van der Waals surface area contributed by atoms with Crippen LogP contribution in [0.5, 0.6) is 0 Å². The number of rotatable bonds is 3. The van der Waals surface area contributed by atoms with Gasteiger partial charge in [-0.1, -0.05) is 20.8 Å². The van der Waals surface area contributed by atoms with Crippen molar-refractivity contribution in [1.29, 1.82) is 0 Å². The maximum absolute atomic E-state index is 5.81. The van der Waals surface area contributed by atoms with Crippen LogP contribution in [-0.2, 0) is 0 Å². The van der Waals surface area contributed by atoms with Gasteiger partial charge in [-0.25, -0.2) is 0 Å². The first-order valence-electron chi connectivity index (χ1n) is 4.85. The molecule has 0 aliphatic carbocycles. The fraction of sp³-hybridized carbons (Fsp3) is 0.700. The molecule has 15 heavy (non-hydrogen) atoms. The summed E-state index contributed by atoms with van der Waals surface area (Å²) in [6.45, 7) is 7.69. The van der Waals surface area contributed by atoms with E-state index in [1.807, 2.05) is 6.26 Å². The van der Waals surface area contributed by atoms with Crippen molar-refractivity contribution in [2.45, 2.75) is 25.7 Å². The number of nitrogens with two attached hydrogens (primary N) is 1. The van der Waals surface area contributed by atoms with Crippen molar-refractivity contribution in [3.63, 3.8) is 0 Å². The van der Waals surface area contributed by atoms with E-state index in [2.05, 4.69) is 37.1 Å². The molecule has 0 saturated heterocycles. The van der Waals surface area contributed by atoms with Crippen LogP contribution in [0.1, 0.15) is 20.8 Å². The van der Waals surface area contributed by atoms with Gasteiger partial charge < -0.3 is 10.6 Å². The van der Waals surface area contributed by atoms with Crippen molar-refractivity contribution in [2.75, 3.05) is 30.5 Å². The van der Waals surface area contributed by atoms with Gasteiger partial charge in [-0.15, -0.1) is 11.8 Å². The Morgan fingerprint density at radius 3 is 2.53 bits per heavy atom. The van der Waals surface area contributed by atoms with Gasteiger partial charge in [0.15, 0.2) is 5.82 Å². The molecule has 0 aliphatic heterocycles. The van der Waals surface area contributed by atoms with Crippen molar-refractivity contribution >= 4 is 34.1 Å². The van der Waals surface area contributed by atoms with Gasteiger partial charge in [0.2, 0.25) is 0 Å². The summed E-state index contributed by atoms with van der Waals surface area (Å²) in [6, 6.07) is 0. The number of nitrogen functional groups attached to an aromatic ring is 1. The SMILES string of the molecule is CSc1c(N)nsc1N(C)CC(C)(C)C. The zero-order valence-corrected chi connectivity index (χ0v) is 11.6. The first-order chi connectivity index (χ1) is 6.85. The van der Waals surface area contributed by atoms with Crippen molar-refractivity contribution in [1.82, 2.24) is 4.37 Å². The van der Waals surface area contributed by atoms with Crippen LogP contribution in [-0.4, -0.2) is 24.2 Å². The Labute approximate surface area is 100 Å². The minimum atomic E-state index is 0.281. The summed E-state index contributed by atoms with van der Waals surface area (Å²) in [5.41, 5.74) is 6.09. The second-order valence-corrected chi connectivity index (χ2v) is 6.39. The Morgan fingerprint density at radius 1 is 1.47 bits per heavy atom. The minimum absolute atomic E-state index is 0.281. The lowest BCUT2D eigenvalue weighted by Crippen LogP contribution is -2.28. The van der Waals surface area contributed by atoms with Crippen molar-refractivity contribution in [2.24, 2.45) is 5.41 Å². The van der Waals surface area contributed by atoms with Crippen molar-refractivity contribution in [3.05, 3.63) is 0 Å². The molecule has 0 amide bonds. The Hall–Kier alpha value is -0.420. The zero-order chi connectivity index (χ0) is 11.6. The first kappa shape index (κ1) is 12.6. The molecule has 0 fully saturated rings. The second-order valence-electron chi connectivity index (χ2n) is 4.82. The van der Waals surface area contributed by atoms with Crippen LogP contribution in [0.2, 0.25) is 0 Å². The molecule has 1 aromatic rings. The van der Waals surface area contributed by atoms with Crippen LogP contribution in [0.4, 0.5) is 10.8 Å². The standard InChI is InChI=1S/C10H19N3S2/c1-10(2,3)6-13(4)9-7(14-5)8(11)12-15-9/h6H2,1-5H3,(H2,11,12). The highest BCUT2D eigenvalue weighted by molar-refractivity contribution is 7.99. The molecule has 1 rings (SSSR count). The molecular formula is C10H19N3S2. The Kier molecular flexibility index (Phi) is 3.89. The summed E-state index contributed by atoms with van der Waals surface area (Å²) < 4.78 is 4.20. The molecule has 0 aliphatic rings. The molecule has 5 heteroatoms. The van der Waals surface area contributed by atoms with E-state index >= 15 is 0 Å². The fourth-order valence-corrected chi connectivity index (χ4v) is 3.18. The second kappa shape index (κ2) is 4.61. The van der Waals surface area contributed by atoms with E-state index in [-0.39, 0.29) is 5.41 Å². The molecule has 0 unspecified atom stereocenters. The van der Waals surface area contributed by atoms with E-state index in [4.69, 9.17) is 5.73 Å². The number of thioether (sulfide) groups is 1. The van der Waals surface area contributed by atoms with E-state index in [1.165, 1.54) is 16.5 Å². The Balaban J connectivity index is 2.86. The lowest BCUT2D eigenvalue weighted by Gasteiger charge is -2.27. The van der Waals surface area contributed by atoms with E-state index < -0.39 is 0 Å². The minimum Gasteiger partial charge on any atom is -0.382 e. The molecular weight excluding hydrogens is 226 g/mol. The third kappa shape index (κ3) is 3.28. The monoisotopic (exact) mass is 245 g/mol. The smallest absolute Gasteiger partial charge is 0.153 e. The number of nitrogens with zero attached hydrogens (tertiary/aromatic N) is 2.